The van der Waals surface area contributed by atoms with E-state index in [-0.39, 0.29) is 5.91 Å². The molecule has 1 fully saturated rings. The maximum absolute atomic E-state index is 13.0. The molecule has 4 aromatic rings. The Hall–Kier alpha value is -4.12. The van der Waals surface area contributed by atoms with Crippen molar-refractivity contribution < 1.29 is 9.59 Å². The number of nitrogens with zero attached hydrogens (tertiary/aromatic N) is 8. The molecule has 4 heterocycles. The molecule has 11 nitrogen and oxygen atoms in total. The minimum absolute atomic E-state index is 0.164. The molecule has 0 spiro atoms. The Kier molecular flexibility index (Phi) is 6.70. The Bertz CT molecular complexity index is 1450. The van der Waals surface area contributed by atoms with Crippen molar-refractivity contribution in [1.29, 1.82) is 0 Å². The van der Waals surface area contributed by atoms with Gasteiger partial charge in [0, 0.05) is 50.4 Å². The van der Waals surface area contributed by atoms with Crippen molar-refractivity contribution >= 4 is 17.5 Å². The van der Waals surface area contributed by atoms with Gasteiger partial charge in [-0.2, -0.15) is 9.61 Å². The van der Waals surface area contributed by atoms with E-state index in [0.29, 0.717) is 48.8 Å². The summed E-state index contributed by atoms with van der Waals surface area (Å²) in [5.41, 5.74) is 10.6. The molecule has 1 saturated heterocycles. The van der Waals surface area contributed by atoms with Crippen LogP contribution in [-0.4, -0.2) is 77.4 Å². The van der Waals surface area contributed by atoms with Gasteiger partial charge in [-0.3, -0.25) is 14.5 Å². The van der Waals surface area contributed by atoms with Crippen molar-refractivity contribution in [3.63, 3.8) is 0 Å². The summed E-state index contributed by atoms with van der Waals surface area (Å²) >= 11 is 0. The normalized spacial score (nSPS) is 14.4. The molecule has 3 aromatic heterocycles. The number of aryl methyl sites for hydroxylation is 2. The van der Waals surface area contributed by atoms with Crippen LogP contribution in [0.3, 0.4) is 0 Å². The van der Waals surface area contributed by atoms with Crippen molar-refractivity contribution in [2.24, 2.45) is 5.73 Å². The first-order valence-corrected chi connectivity index (χ1v) is 12.4. The summed E-state index contributed by atoms with van der Waals surface area (Å²) in [5.74, 6) is 1.15. The van der Waals surface area contributed by atoms with Gasteiger partial charge in [0.1, 0.15) is 0 Å². The second-order valence-corrected chi connectivity index (χ2v) is 9.49. The molecule has 0 aliphatic carbocycles. The summed E-state index contributed by atoms with van der Waals surface area (Å²) in [6, 6.07) is 11.1. The van der Waals surface area contributed by atoms with Gasteiger partial charge in [-0.1, -0.05) is 12.1 Å². The van der Waals surface area contributed by atoms with E-state index in [1.807, 2.05) is 54.6 Å². The van der Waals surface area contributed by atoms with E-state index in [2.05, 4.69) is 20.2 Å². The summed E-state index contributed by atoms with van der Waals surface area (Å²) in [6.45, 7) is 9.67. The number of fused-ring (bicyclic) bond motifs is 1. The molecule has 1 aromatic carbocycles. The van der Waals surface area contributed by atoms with Gasteiger partial charge in [-0.25, -0.2) is 4.68 Å². The van der Waals surface area contributed by atoms with Gasteiger partial charge in [0.15, 0.2) is 17.3 Å². The number of amides is 2. The fraction of sp³-hybridized carbons (Fsp3) is 0.385. The molecule has 11 heteroatoms. The number of primary amides is 1. The monoisotopic (exact) mass is 501 g/mol. The molecular weight excluding hydrogens is 470 g/mol. The van der Waals surface area contributed by atoms with E-state index >= 15 is 0 Å². The quantitative estimate of drug-likeness (QED) is 0.407. The highest BCUT2D eigenvalue weighted by Crippen LogP contribution is 2.20. The van der Waals surface area contributed by atoms with Crippen LogP contribution in [0.5, 0.6) is 0 Å². The van der Waals surface area contributed by atoms with Crippen LogP contribution in [-0.2, 0) is 17.8 Å². The first-order valence-electron chi connectivity index (χ1n) is 12.4. The van der Waals surface area contributed by atoms with Gasteiger partial charge in [-0.05, 0) is 62.6 Å². The highest BCUT2D eigenvalue weighted by molar-refractivity contribution is 5.92. The molecule has 0 unspecified atom stereocenters. The average Bonchev–Trinajstić information content (AvgIpc) is 3.41. The van der Waals surface area contributed by atoms with Crippen molar-refractivity contribution in [3.8, 4) is 5.82 Å². The van der Waals surface area contributed by atoms with E-state index in [9.17, 15) is 9.59 Å². The van der Waals surface area contributed by atoms with Crippen LogP contribution in [0.4, 0.5) is 0 Å². The zero-order valence-electron chi connectivity index (χ0n) is 21.4. The lowest BCUT2D eigenvalue weighted by atomic mass is 10.1. The van der Waals surface area contributed by atoms with Crippen LogP contribution < -0.4 is 5.73 Å². The number of aromatic nitrogens is 6. The third-order valence-electron chi connectivity index (χ3n) is 7.02. The Morgan fingerprint density at radius 2 is 1.65 bits per heavy atom. The fourth-order valence-electron chi connectivity index (χ4n) is 4.84. The van der Waals surface area contributed by atoms with Gasteiger partial charge in [0.25, 0.3) is 0 Å². The molecule has 0 radical (unpaired) electrons. The van der Waals surface area contributed by atoms with Crippen LogP contribution >= 0.6 is 0 Å². The van der Waals surface area contributed by atoms with E-state index < -0.39 is 5.91 Å². The van der Waals surface area contributed by atoms with Crippen LogP contribution in [0.2, 0.25) is 0 Å². The summed E-state index contributed by atoms with van der Waals surface area (Å²) in [7, 11) is 0. The Morgan fingerprint density at radius 1 is 0.919 bits per heavy atom. The van der Waals surface area contributed by atoms with Gasteiger partial charge >= 0.3 is 0 Å². The number of hydrogen-bond donors (Lipinski definition) is 1. The van der Waals surface area contributed by atoms with Crippen molar-refractivity contribution in [2.45, 2.75) is 40.2 Å². The first kappa shape index (κ1) is 24.6. The molecule has 2 N–H and O–H groups in total. The molecular formula is C26H31N9O2. The molecule has 0 atom stereocenters. The zero-order valence-corrected chi connectivity index (χ0v) is 21.4. The maximum Gasteiger partial charge on any atom is 0.248 e. The predicted octanol–water partition coefficient (Wildman–Crippen LogP) is 1.61. The lowest BCUT2D eigenvalue weighted by Gasteiger charge is -2.35. The van der Waals surface area contributed by atoms with E-state index in [1.54, 1.807) is 16.6 Å². The van der Waals surface area contributed by atoms with E-state index in [0.717, 1.165) is 42.1 Å². The van der Waals surface area contributed by atoms with Gasteiger partial charge in [-0.15, -0.1) is 15.3 Å². The third-order valence-corrected chi connectivity index (χ3v) is 7.02. The molecule has 2 amide bonds. The van der Waals surface area contributed by atoms with Crippen LogP contribution in [0.25, 0.3) is 11.5 Å². The van der Waals surface area contributed by atoms with Gasteiger partial charge in [0.05, 0.1) is 5.69 Å². The van der Waals surface area contributed by atoms with Crippen molar-refractivity contribution in [1.82, 2.24) is 39.4 Å². The van der Waals surface area contributed by atoms with E-state index in [1.165, 1.54) is 0 Å². The standard InChI is InChI=1S/C26H31N9O2/c1-17-22(18(2)34(30-17)24-10-9-23-29-28-19(3)35(23)31-24)8-11-25(36)33-14-12-32(13-15-33)16-20-4-6-21(7-5-20)26(27)37/h4-7,9-10H,8,11-16H2,1-3H3,(H2,27,37). The smallest absolute Gasteiger partial charge is 0.248 e. The lowest BCUT2D eigenvalue weighted by Crippen LogP contribution is -2.48. The molecule has 1 aliphatic heterocycles. The van der Waals surface area contributed by atoms with Gasteiger partial charge < -0.3 is 10.6 Å². The van der Waals surface area contributed by atoms with Crippen LogP contribution in [0, 0.1) is 20.8 Å². The molecule has 0 bridgehead atoms. The van der Waals surface area contributed by atoms with Crippen molar-refractivity contribution in [2.75, 3.05) is 26.2 Å². The summed E-state index contributed by atoms with van der Waals surface area (Å²) in [6.07, 6.45) is 1.08. The summed E-state index contributed by atoms with van der Waals surface area (Å²) in [4.78, 5) is 28.5. The number of nitrogens with two attached hydrogens (primary N) is 1. The summed E-state index contributed by atoms with van der Waals surface area (Å²) < 4.78 is 3.52. The highest BCUT2D eigenvalue weighted by atomic mass is 16.2. The summed E-state index contributed by atoms with van der Waals surface area (Å²) in [5, 5.41) is 17.5. The highest BCUT2D eigenvalue weighted by Gasteiger charge is 2.22. The number of benzene rings is 1. The molecule has 1 aliphatic rings. The van der Waals surface area contributed by atoms with Gasteiger partial charge in [0.2, 0.25) is 11.8 Å². The largest absolute Gasteiger partial charge is 0.366 e. The SMILES string of the molecule is Cc1nn(-c2ccc3nnc(C)n3n2)c(C)c1CCC(=O)N1CCN(Cc2ccc(C(N)=O)cc2)CC1. The predicted molar refractivity (Wildman–Crippen MR) is 137 cm³/mol. The lowest BCUT2D eigenvalue weighted by molar-refractivity contribution is -0.133. The first-order chi connectivity index (χ1) is 17.8. The molecule has 37 heavy (non-hydrogen) atoms. The number of carbonyl (C=O) groups excluding carboxylic acids is 2. The second-order valence-electron chi connectivity index (χ2n) is 9.49. The Labute approximate surface area is 214 Å². The average molecular weight is 502 g/mol. The van der Waals surface area contributed by atoms with E-state index in [4.69, 9.17) is 10.8 Å². The van der Waals surface area contributed by atoms with Crippen molar-refractivity contribution in [3.05, 3.63) is 70.3 Å². The minimum Gasteiger partial charge on any atom is -0.366 e. The second kappa shape index (κ2) is 10.1. The number of piperazine rings is 1. The molecule has 0 saturated carbocycles. The number of rotatable bonds is 7. The zero-order chi connectivity index (χ0) is 26.1. The molecule has 5 rings (SSSR count). The topological polar surface area (TPSA) is 128 Å². The minimum atomic E-state index is -0.420. The third kappa shape index (κ3) is 5.08. The molecule has 192 valence electrons. The Balaban J connectivity index is 1.17. The maximum atomic E-state index is 13.0. The van der Waals surface area contributed by atoms with Crippen LogP contribution in [0.15, 0.2) is 36.4 Å². The van der Waals surface area contributed by atoms with Crippen LogP contribution in [0.1, 0.15) is 45.1 Å². The fourth-order valence-corrected chi connectivity index (χ4v) is 4.84. The number of carbonyl (C=O) groups is 2. The Morgan fingerprint density at radius 3 is 2.35 bits per heavy atom. The number of hydrogen-bond acceptors (Lipinski definition) is 7.